The van der Waals surface area contributed by atoms with Crippen LogP contribution in [0.5, 0.6) is 0 Å². The molecule has 1 aromatic rings. The van der Waals surface area contributed by atoms with E-state index in [0.29, 0.717) is 12.8 Å². The van der Waals surface area contributed by atoms with Crippen molar-refractivity contribution in [1.82, 2.24) is 5.32 Å². The lowest BCUT2D eigenvalue weighted by Gasteiger charge is -2.15. The van der Waals surface area contributed by atoms with Crippen molar-refractivity contribution in [3.8, 4) is 0 Å². The molecule has 0 fully saturated rings. The van der Waals surface area contributed by atoms with E-state index in [-0.39, 0.29) is 18.1 Å². The Morgan fingerprint density at radius 2 is 2.00 bits per heavy atom. The first-order valence-corrected chi connectivity index (χ1v) is 7.71. The average molecular weight is 281 g/mol. The van der Waals surface area contributed by atoms with Crippen LogP contribution in [0.3, 0.4) is 0 Å². The first-order chi connectivity index (χ1) is 9.08. The van der Waals surface area contributed by atoms with E-state index in [2.05, 4.69) is 17.4 Å². The van der Waals surface area contributed by atoms with Gasteiger partial charge in [-0.15, -0.1) is 11.8 Å². The molecule has 0 aliphatic carbocycles. The topological polar surface area (TPSA) is 49.3 Å². The van der Waals surface area contributed by atoms with Gasteiger partial charge in [0.25, 0.3) is 0 Å². The van der Waals surface area contributed by atoms with Gasteiger partial charge in [0.05, 0.1) is 6.10 Å². The molecule has 0 aliphatic rings. The van der Waals surface area contributed by atoms with Crippen molar-refractivity contribution in [3.63, 3.8) is 0 Å². The monoisotopic (exact) mass is 281 g/mol. The zero-order valence-electron chi connectivity index (χ0n) is 11.6. The van der Waals surface area contributed by atoms with Crippen LogP contribution in [-0.2, 0) is 4.79 Å². The van der Waals surface area contributed by atoms with Gasteiger partial charge in [0, 0.05) is 17.4 Å². The van der Waals surface area contributed by atoms with Crippen LogP contribution in [0.4, 0.5) is 0 Å². The van der Waals surface area contributed by atoms with Gasteiger partial charge >= 0.3 is 0 Å². The second-order valence-electron chi connectivity index (χ2n) is 4.82. The van der Waals surface area contributed by atoms with Crippen LogP contribution in [0.1, 0.15) is 33.1 Å². The van der Waals surface area contributed by atoms with Gasteiger partial charge in [-0.1, -0.05) is 18.2 Å². The molecule has 2 atom stereocenters. The Balaban J connectivity index is 2.10. The van der Waals surface area contributed by atoms with Crippen LogP contribution in [0.2, 0.25) is 0 Å². The molecule has 2 unspecified atom stereocenters. The van der Waals surface area contributed by atoms with Gasteiger partial charge in [0.2, 0.25) is 5.91 Å². The summed E-state index contributed by atoms with van der Waals surface area (Å²) in [4.78, 5) is 12.9. The fourth-order valence-corrected chi connectivity index (χ4v) is 2.73. The van der Waals surface area contributed by atoms with Crippen LogP contribution >= 0.6 is 11.8 Å². The maximum absolute atomic E-state index is 11.6. The molecule has 0 bridgehead atoms. The molecular formula is C15H23NO2S. The number of nitrogens with one attached hydrogen (secondary N) is 1. The van der Waals surface area contributed by atoms with E-state index in [9.17, 15) is 9.90 Å². The van der Waals surface area contributed by atoms with E-state index in [1.54, 1.807) is 18.7 Å². The van der Waals surface area contributed by atoms with Gasteiger partial charge in [0.1, 0.15) is 0 Å². The lowest BCUT2D eigenvalue weighted by molar-refractivity contribution is -0.121. The van der Waals surface area contributed by atoms with Gasteiger partial charge in [0.15, 0.2) is 0 Å². The predicted octanol–water partition coefficient (Wildman–Crippen LogP) is 2.83. The highest BCUT2D eigenvalue weighted by atomic mass is 32.2. The predicted molar refractivity (Wildman–Crippen MR) is 80.3 cm³/mol. The highest BCUT2D eigenvalue weighted by molar-refractivity contribution is 7.99. The van der Waals surface area contributed by atoms with Crippen molar-refractivity contribution in [2.75, 3.05) is 5.75 Å². The molecule has 0 aromatic heterocycles. The highest BCUT2D eigenvalue weighted by Gasteiger charge is 2.09. The summed E-state index contributed by atoms with van der Waals surface area (Å²) < 4.78 is 0. The summed E-state index contributed by atoms with van der Waals surface area (Å²) in [6.45, 7) is 3.66. The normalized spacial score (nSPS) is 13.8. The van der Waals surface area contributed by atoms with Crippen molar-refractivity contribution in [3.05, 3.63) is 30.3 Å². The van der Waals surface area contributed by atoms with Gasteiger partial charge in [-0.3, -0.25) is 4.79 Å². The van der Waals surface area contributed by atoms with Gasteiger partial charge in [-0.05, 0) is 44.6 Å². The third kappa shape index (κ3) is 7.90. The lowest BCUT2D eigenvalue weighted by atomic mass is 10.1. The van der Waals surface area contributed by atoms with E-state index < -0.39 is 0 Å². The standard InChI is InChI=1S/C15H23NO2S/c1-12(11-13(2)17)16-15(18)9-6-10-19-14-7-4-3-5-8-14/h3-5,7-8,12-13,17H,6,9-11H2,1-2H3,(H,16,18). The average Bonchev–Trinajstić information content (AvgIpc) is 2.35. The van der Waals surface area contributed by atoms with Gasteiger partial charge in [-0.2, -0.15) is 0 Å². The number of aliphatic hydroxyl groups is 1. The van der Waals surface area contributed by atoms with E-state index in [4.69, 9.17) is 0 Å². The Morgan fingerprint density at radius 1 is 1.32 bits per heavy atom. The Morgan fingerprint density at radius 3 is 2.63 bits per heavy atom. The number of carbonyl (C=O) groups excluding carboxylic acids is 1. The largest absolute Gasteiger partial charge is 0.393 e. The quantitative estimate of drug-likeness (QED) is 0.569. The van der Waals surface area contributed by atoms with Crippen molar-refractivity contribution >= 4 is 17.7 Å². The summed E-state index contributed by atoms with van der Waals surface area (Å²) in [5.41, 5.74) is 0. The number of thioether (sulfide) groups is 1. The molecule has 2 N–H and O–H groups in total. The van der Waals surface area contributed by atoms with Crippen LogP contribution < -0.4 is 5.32 Å². The van der Waals surface area contributed by atoms with Crippen LogP contribution in [0, 0.1) is 0 Å². The Kier molecular flexibility index (Phi) is 7.60. The maximum atomic E-state index is 11.6. The fourth-order valence-electron chi connectivity index (χ4n) is 1.86. The maximum Gasteiger partial charge on any atom is 0.220 e. The van der Waals surface area contributed by atoms with E-state index >= 15 is 0 Å². The van der Waals surface area contributed by atoms with Crippen LogP contribution in [0.15, 0.2) is 35.2 Å². The second kappa shape index (κ2) is 8.99. The molecule has 3 nitrogen and oxygen atoms in total. The van der Waals surface area contributed by atoms with Crippen LogP contribution in [0.25, 0.3) is 0 Å². The zero-order chi connectivity index (χ0) is 14.1. The molecule has 1 amide bonds. The smallest absolute Gasteiger partial charge is 0.220 e. The number of amides is 1. The molecule has 0 saturated heterocycles. The molecule has 19 heavy (non-hydrogen) atoms. The van der Waals surface area contributed by atoms with Crippen LogP contribution in [-0.4, -0.2) is 28.9 Å². The van der Waals surface area contributed by atoms with Crippen molar-refractivity contribution in [2.45, 2.75) is 50.2 Å². The van der Waals surface area contributed by atoms with E-state index in [1.807, 2.05) is 25.1 Å². The first-order valence-electron chi connectivity index (χ1n) is 6.73. The molecule has 0 aliphatic heterocycles. The SMILES string of the molecule is CC(O)CC(C)NC(=O)CCCSc1ccccc1. The Labute approximate surface area is 119 Å². The van der Waals surface area contributed by atoms with Crippen molar-refractivity contribution < 1.29 is 9.90 Å². The third-order valence-electron chi connectivity index (χ3n) is 2.66. The number of hydrogen-bond donors (Lipinski definition) is 2. The lowest BCUT2D eigenvalue weighted by Crippen LogP contribution is -2.34. The molecule has 4 heteroatoms. The third-order valence-corrected chi connectivity index (χ3v) is 3.76. The number of aliphatic hydroxyl groups excluding tert-OH is 1. The Hall–Kier alpha value is -1.00. The minimum Gasteiger partial charge on any atom is -0.393 e. The van der Waals surface area contributed by atoms with Gasteiger partial charge in [-0.25, -0.2) is 0 Å². The van der Waals surface area contributed by atoms with Crippen molar-refractivity contribution in [1.29, 1.82) is 0 Å². The molecule has 0 spiro atoms. The molecule has 1 rings (SSSR count). The summed E-state index contributed by atoms with van der Waals surface area (Å²) >= 11 is 1.77. The highest BCUT2D eigenvalue weighted by Crippen LogP contribution is 2.18. The number of benzene rings is 1. The summed E-state index contributed by atoms with van der Waals surface area (Å²) in [5.74, 6) is 1.02. The Bertz CT molecular complexity index is 368. The molecule has 0 radical (unpaired) electrons. The fraction of sp³-hybridized carbons (Fsp3) is 0.533. The molecule has 0 heterocycles. The molecular weight excluding hydrogens is 258 g/mol. The number of carbonyl (C=O) groups is 1. The number of rotatable bonds is 8. The minimum atomic E-state index is -0.371. The first kappa shape index (κ1) is 16.1. The summed E-state index contributed by atoms with van der Waals surface area (Å²) in [7, 11) is 0. The second-order valence-corrected chi connectivity index (χ2v) is 5.99. The van der Waals surface area contributed by atoms with Gasteiger partial charge < -0.3 is 10.4 Å². The van der Waals surface area contributed by atoms with E-state index in [1.165, 1.54) is 4.90 Å². The molecule has 1 aromatic carbocycles. The zero-order valence-corrected chi connectivity index (χ0v) is 12.5. The summed E-state index contributed by atoms with van der Waals surface area (Å²) in [5, 5.41) is 12.1. The number of hydrogen-bond acceptors (Lipinski definition) is 3. The van der Waals surface area contributed by atoms with Crippen molar-refractivity contribution in [2.24, 2.45) is 0 Å². The summed E-state index contributed by atoms with van der Waals surface area (Å²) in [6, 6.07) is 10.2. The minimum absolute atomic E-state index is 0.0364. The summed E-state index contributed by atoms with van der Waals surface area (Å²) in [6.07, 6.45) is 1.64. The molecule has 106 valence electrons. The van der Waals surface area contributed by atoms with E-state index in [0.717, 1.165) is 12.2 Å². The molecule has 0 saturated carbocycles.